The van der Waals surface area contributed by atoms with E-state index in [0.717, 1.165) is 43.9 Å². The fraction of sp³-hybridized carbons (Fsp3) is 0.600. The van der Waals surface area contributed by atoms with Crippen molar-refractivity contribution >= 4 is 0 Å². The predicted octanol–water partition coefficient (Wildman–Crippen LogP) is 2.73. The molecule has 1 fully saturated rings. The Hall–Kier alpha value is -1.22. The van der Waals surface area contributed by atoms with Crippen LogP contribution in [-0.2, 0) is 6.42 Å². The van der Waals surface area contributed by atoms with Crippen LogP contribution in [0.25, 0.3) is 0 Å². The first kappa shape index (κ1) is 13.2. The van der Waals surface area contributed by atoms with Crippen LogP contribution in [0.1, 0.15) is 25.3 Å². The third-order valence-corrected chi connectivity index (χ3v) is 3.61. The summed E-state index contributed by atoms with van der Waals surface area (Å²) in [5.41, 5.74) is 1.23. The van der Waals surface area contributed by atoms with Gasteiger partial charge in [0.2, 0.25) is 0 Å². The topological polar surface area (TPSA) is 21.7 Å². The maximum atomic E-state index is 6.04. The molecule has 1 heterocycles. The minimum atomic E-state index is 0.346. The number of benzene rings is 1. The van der Waals surface area contributed by atoms with Crippen molar-refractivity contribution in [2.45, 2.75) is 32.3 Å². The Morgan fingerprint density at radius 1 is 1.28 bits per heavy atom. The van der Waals surface area contributed by atoms with Crippen LogP contribution in [0.3, 0.4) is 0 Å². The summed E-state index contributed by atoms with van der Waals surface area (Å²) >= 11 is 0. The third-order valence-electron chi connectivity index (χ3n) is 3.61. The molecule has 0 N–H and O–H groups in total. The zero-order valence-corrected chi connectivity index (χ0v) is 11.6. The van der Waals surface area contributed by atoms with Crippen molar-refractivity contribution in [3.05, 3.63) is 23.8 Å². The molecule has 3 nitrogen and oxygen atoms in total. The number of rotatable bonds is 4. The van der Waals surface area contributed by atoms with Gasteiger partial charge in [-0.15, -0.1) is 0 Å². The van der Waals surface area contributed by atoms with Crippen molar-refractivity contribution in [1.29, 1.82) is 0 Å². The number of ether oxygens (including phenoxy) is 2. The zero-order chi connectivity index (χ0) is 13.0. The highest BCUT2D eigenvalue weighted by Gasteiger charge is 2.18. The van der Waals surface area contributed by atoms with Crippen LogP contribution in [-0.4, -0.2) is 38.3 Å². The van der Waals surface area contributed by atoms with Crippen LogP contribution < -0.4 is 9.47 Å². The molecule has 0 bridgehead atoms. The van der Waals surface area contributed by atoms with E-state index >= 15 is 0 Å². The van der Waals surface area contributed by atoms with Crippen LogP contribution in [0.5, 0.6) is 11.5 Å². The number of piperidine rings is 1. The van der Waals surface area contributed by atoms with E-state index in [4.69, 9.17) is 9.47 Å². The second-order valence-electron chi connectivity index (χ2n) is 4.95. The van der Waals surface area contributed by atoms with Gasteiger partial charge in [0.05, 0.1) is 7.11 Å². The van der Waals surface area contributed by atoms with Crippen LogP contribution in [0.2, 0.25) is 0 Å². The number of hydrogen-bond acceptors (Lipinski definition) is 3. The van der Waals surface area contributed by atoms with Crippen LogP contribution >= 0.6 is 0 Å². The molecular weight excluding hydrogens is 226 g/mol. The molecule has 0 saturated carbocycles. The van der Waals surface area contributed by atoms with Gasteiger partial charge in [-0.2, -0.15) is 0 Å². The van der Waals surface area contributed by atoms with Gasteiger partial charge in [0.15, 0.2) is 0 Å². The average molecular weight is 249 g/mol. The molecular formula is C15H23NO2. The molecule has 1 aliphatic heterocycles. The van der Waals surface area contributed by atoms with Gasteiger partial charge in [0.1, 0.15) is 17.6 Å². The van der Waals surface area contributed by atoms with Crippen LogP contribution in [0.15, 0.2) is 18.2 Å². The van der Waals surface area contributed by atoms with Gasteiger partial charge >= 0.3 is 0 Å². The Balaban J connectivity index is 2.01. The number of likely N-dealkylation sites (tertiary alicyclic amines) is 1. The minimum Gasteiger partial charge on any atom is -0.496 e. The Bertz CT molecular complexity index is 384. The first-order valence-electron chi connectivity index (χ1n) is 6.75. The summed E-state index contributed by atoms with van der Waals surface area (Å²) in [6.45, 7) is 4.37. The molecule has 0 amide bonds. The van der Waals surface area contributed by atoms with Gasteiger partial charge in [-0.05, 0) is 37.9 Å². The molecule has 0 spiro atoms. The first-order chi connectivity index (χ1) is 8.72. The fourth-order valence-corrected chi connectivity index (χ4v) is 2.39. The largest absolute Gasteiger partial charge is 0.496 e. The third kappa shape index (κ3) is 3.16. The molecule has 1 aliphatic rings. The molecule has 0 unspecified atom stereocenters. The Labute approximate surface area is 110 Å². The monoisotopic (exact) mass is 249 g/mol. The van der Waals surface area contributed by atoms with E-state index in [0.29, 0.717) is 6.10 Å². The molecule has 0 radical (unpaired) electrons. The van der Waals surface area contributed by atoms with E-state index in [-0.39, 0.29) is 0 Å². The summed E-state index contributed by atoms with van der Waals surface area (Å²) in [5, 5.41) is 0. The summed E-state index contributed by atoms with van der Waals surface area (Å²) < 4.78 is 11.4. The highest BCUT2D eigenvalue weighted by Crippen LogP contribution is 2.27. The van der Waals surface area contributed by atoms with Crippen molar-refractivity contribution in [2.24, 2.45) is 0 Å². The maximum Gasteiger partial charge on any atom is 0.125 e. The molecule has 1 aromatic rings. The Kier molecular flexibility index (Phi) is 4.48. The second kappa shape index (κ2) is 6.10. The SMILES string of the molecule is CCc1ccc(OC2CCN(C)CC2)cc1OC. The molecule has 1 saturated heterocycles. The van der Waals surface area contributed by atoms with Crippen molar-refractivity contribution in [2.75, 3.05) is 27.2 Å². The Morgan fingerprint density at radius 3 is 2.61 bits per heavy atom. The van der Waals surface area contributed by atoms with E-state index in [1.54, 1.807) is 7.11 Å². The van der Waals surface area contributed by atoms with Gasteiger partial charge in [0, 0.05) is 19.2 Å². The predicted molar refractivity (Wildman–Crippen MR) is 73.5 cm³/mol. The normalized spacial score (nSPS) is 17.7. The molecule has 18 heavy (non-hydrogen) atoms. The van der Waals surface area contributed by atoms with Gasteiger partial charge in [-0.1, -0.05) is 13.0 Å². The lowest BCUT2D eigenvalue weighted by atomic mass is 10.1. The van der Waals surface area contributed by atoms with E-state index < -0.39 is 0 Å². The van der Waals surface area contributed by atoms with Gasteiger partial charge in [-0.25, -0.2) is 0 Å². The Morgan fingerprint density at radius 2 is 2.00 bits per heavy atom. The minimum absolute atomic E-state index is 0.346. The molecule has 100 valence electrons. The quantitative estimate of drug-likeness (QED) is 0.819. The summed E-state index contributed by atoms with van der Waals surface area (Å²) in [5.74, 6) is 1.86. The average Bonchev–Trinajstić information content (AvgIpc) is 2.41. The van der Waals surface area contributed by atoms with E-state index in [1.807, 2.05) is 6.07 Å². The molecule has 0 aromatic heterocycles. The smallest absolute Gasteiger partial charge is 0.125 e. The van der Waals surface area contributed by atoms with Gasteiger partial charge in [0.25, 0.3) is 0 Å². The van der Waals surface area contributed by atoms with Crippen LogP contribution in [0, 0.1) is 0 Å². The maximum absolute atomic E-state index is 6.04. The van der Waals surface area contributed by atoms with Gasteiger partial charge < -0.3 is 14.4 Å². The number of hydrogen-bond donors (Lipinski definition) is 0. The van der Waals surface area contributed by atoms with E-state index in [9.17, 15) is 0 Å². The fourth-order valence-electron chi connectivity index (χ4n) is 2.39. The molecule has 3 heteroatoms. The van der Waals surface area contributed by atoms with Gasteiger partial charge in [-0.3, -0.25) is 0 Å². The first-order valence-corrected chi connectivity index (χ1v) is 6.75. The lowest BCUT2D eigenvalue weighted by Gasteiger charge is -2.29. The number of aryl methyl sites for hydroxylation is 1. The molecule has 2 rings (SSSR count). The van der Waals surface area contributed by atoms with E-state index in [1.165, 1.54) is 5.56 Å². The molecule has 0 atom stereocenters. The lowest BCUT2D eigenvalue weighted by molar-refractivity contribution is 0.114. The highest BCUT2D eigenvalue weighted by molar-refractivity contribution is 5.40. The number of methoxy groups -OCH3 is 1. The van der Waals surface area contributed by atoms with E-state index in [2.05, 4.69) is 31.0 Å². The number of nitrogens with zero attached hydrogens (tertiary/aromatic N) is 1. The molecule has 0 aliphatic carbocycles. The van der Waals surface area contributed by atoms with Crippen molar-refractivity contribution in [3.8, 4) is 11.5 Å². The molecule has 1 aromatic carbocycles. The van der Waals surface area contributed by atoms with Crippen molar-refractivity contribution in [3.63, 3.8) is 0 Å². The summed E-state index contributed by atoms with van der Waals surface area (Å²) in [7, 11) is 3.88. The van der Waals surface area contributed by atoms with Crippen molar-refractivity contribution < 1.29 is 9.47 Å². The summed E-state index contributed by atoms with van der Waals surface area (Å²) in [6, 6.07) is 6.17. The second-order valence-corrected chi connectivity index (χ2v) is 4.95. The van der Waals surface area contributed by atoms with Crippen molar-refractivity contribution in [1.82, 2.24) is 4.90 Å². The summed E-state index contributed by atoms with van der Waals surface area (Å²) in [4.78, 5) is 2.35. The van der Waals surface area contributed by atoms with Crippen LogP contribution in [0.4, 0.5) is 0 Å². The summed E-state index contributed by atoms with van der Waals surface area (Å²) in [6.07, 6.45) is 3.54. The lowest BCUT2D eigenvalue weighted by Crippen LogP contribution is -2.35. The zero-order valence-electron chi connectivity index (χ0n) is 11.6. The highest BCUT2D eigenvalue weighted by atomic mass is 16.5. The standard InChI is InChI=1S/C15H23NO2/c1-4-12-5-6-14(11-15(12)17-3)18-13-7-9-16(2)10-8-13/h5-6,11,13H,4,7-10H2,1-3H3.